The molecule has 2 amide bonds. The van der Waals surface area contributed by atoms with Crippen molar-refractivity contribution in [3.05, 3.63) is 110 Å². The van der Waals surface area contributed by atoms with Crippen LogP contribution in [0.2, 0.25) is 0 Å². The topological polar surface area (TPSA) is 83.8 Å². The summed E-state index contributed by atoms with van der Waals surface area (Å²) in [6, 6.07) is 19.4. The Morgan fingerprint density at radius 2 is 1.56 bits per heavy atom. The minimum atomic E-state index is -0.482. The normalized spacial score (nSPS) is 15.7. The predicted molar refractivity (Wildman–Crippen MR) is 129 cm³/mol. The first-order chi connectivity index (χ1) is 16.3. The number of hydrogen-bond acceptors (Lipinski definition) is 5. The van der Waals surface area contributed by atoms with Crippen molar-refractivity contribution in [2.75, 3.05) is 11.4 Å². The van der Waals surface area contributed by atoms with Crippen molar-refractivity contribution in [1.29, 1.82) is 0 Å². The lowest BCUT2D eigenvalue weighted by molar-refractivity contribution is -0.384. The fourth-order valence-electron chi connectivity index (χ4n) is 4.61. The zero-order chi connectivity index (χ0) is 24.0. The molecule has 0 atom stereocenters. The van der Waals surface area contributed by atoms with Gasteiger partial charge in [0.1, 0.15) is 5.70 Å². The van der Waals surface area contributed by atoms with Gasteiger partial charge in [0.05, 0.1) is 16.2 Å². The summed E-state index contributed by atoms with van der Waals surface area (Å²) in [5, 5.41) is 11.1. The number of carbonyl (C=O) groups is 2. The lowest BCUT2D eigenvalue weighted by atomic mass is 9.98. The van der Waals surface area contributed by atoms with Gasteiger partial charge in [0.25, 0.3) is 17.5 Å². The first-order valence-corrected chi connectivity index (χ1v) is 11.1. The molecule has 0 N–H and O–H groups in total. The monoisotopic (exact) mass is 453 g/mol. The van der Waals surface area contributed by atoms with Crippen LogP contribution in [-0.2, 0) is 22.6 Å². The van der Waals surface area contributed by atoms with Gasteiger partial charge in [-0.2, -0.15) is 0 Å². The minimum Gasteiger partial charge on any atom is -0.362 e. The summed E-state index contributed by atoms with van der Waals surface area (Å²) in [6.45, 7) is 5.03. The molecule has 2 aliphatic heterocycles. The molecule has 0 aromatic heterocycles. The van der Waals surface area contributed by atoms with E-state index in [1.807, 2.05) is 49.1 Å². The van der Waals surface area contributed by atoms with Gasteiger partial charge in [0.15, 0.2) is 0 Å². The van der Waals surface area contributed by atoms with Gasteiger partial charge in [0.2, 0.25) is 0 Å². The van der Waals surface area contributed by atoms with Crippen LogP contribution >= 0.6 is 0 Å². The number of benzene rings is 3. The Hall–Kier alpha value is -4.26. The van der Waals surface area contributed by atoms with Crippen LogP contribution < -0.4 is 4.90 Å². The first kappa shape index (κ1) is 21.6. The largest absolute Gasteiger partial charge is 0.362 e. The van der Waals surface area contributed by atoms with Gasteiger partial charge in [-0.1, -0.05) is 30.3 Å². The van der Waals surface area contributed by atoms with Crippen molar-refractivity contribution >= 4 is 28.8 Å². The fourth-order valence-corrected chi connectivity index (χ4v) is 4.61. The Kier molecular flexibility index (Phi) is 5.24. The number of rotatable bonds is 4. The summed E-state index contributed by atoms with van der Waals surface area (Å²) in [7, 11) is 0. The number of hydrogen-bond donors (Lipinski definition) is 0. The quantitative estimate of drug-likeness (QED) is 0.329. The average molecular weight is 453 g/mol. The van der Waals surface area contributed by atoms with E-state index in [1.165, 1.54) is 22.6 Å². The third kappa shape index (κ3) is 3.55. The Morgan fingerprint density at radius 1 is 0.853 bits per heavy atom. The van der Waals surface area contributed by atoms with E-state index in [9.17, 15) is 19.7 Å². The molecule has 7 nitrogen and oxygen atoms in total. The summed E-state index contributed by atoms with van der Waals surface area (Å²) < 4.78 is 0. The Balaban J connectivity index is 1.62. The zero-order valence-corrected chi connectivity index (χ0v) is 18.9. The summed E-state index contributed by atoms with van der Waals surface area (Å²) in [5.41, 5.74) is 5.96. The molecule has 0 fully saturated rings. The Morgan fingerprint density at radius 3 is 2.24 bits per heavy atom. The second-order valence-electron chi connectivity index (χ2n) is 8.68. The van der Waals surface area contributed by atoms with Gasteiger partial charge in [-0.15, -0.1) is 0 Å². The maximum absolute atomic E-state index is 13.8. The number of anilines is 1. The predicted octanol–water partition coefficient (Wildman–Crippen LogP) is 4.55. The number of nitro benzene ring substituents is 1. The first-order valence-electron chi connectivity index (χ1n) is 11.1. The number of aryl methyl sites for hydroxylation is 2. The van der Waals surface area contributed by atoms with E-state index in [-0.39, 0.29) is 17.2 Å². The Labute approximate surface area is 197 Å². The lowest BCUT2D eigenvalue weighted by Crippen LogP contribution is -2.37. The molecule has 0 saturated heterocycles. The van der Waals surface area contributed by atoms with Crippen LogP contribution in [0.15, 0.2) is 72.4 Å². The molecule has 0 saturated carbocycles. The highest BCUT2D eigenvalue weighted by Gasteiger charge is 2.43. The number of imide groups is 1. The molecule has 170 valence electrons. The third-order valence-corrected chi connectivity index (χ3v) is 6.62. The smallest absolute Gasteiger partial charge is 0.282 e. The molecule has 0 unspecified atom stereocenters. The van der Waals surface area contributed by atoms with Gasteiger partial charge in [-0.25, -0.2) is 4.90 Å². The summed E-state index contributed by atoms with van der Waals surface area (Å²) >= 11 is 0. The van der Waals surface area contributed by atoms with Gasteiger partial charge in [-0.3, -0.25) is 19.7 Å². The number of nitro groups is 1. The second kappa shape index (κ2) is 8.26. The minimum absolute atomic E-state index is 0.0689. The molecule has 2 heterocycles. The van der Waals surface area contributed by atoms with Crippen LogP contribution in [0.1, 0.15) is 27.8 Å². The van der Waals surface area contributed by atoms with Crippen LogP contribution in [-0.4, -0.2) is 28.2 Å². The lowest BCUT2D eigenvalue weighted by Gasteiger charge is -2.31. The maximum Gasteiger partial charge on any atom is 0.282 e. The number of carbonyl (C=O) groups excluding carboxylic acids is 2. The van der Waals surface area contributed by atoms with Crippen molar-refractivity contribution in [3.8, 4) is 0 Å². The second-order valence-corrected chi connectivity index (χ2v) is 8.68. The van der Waals surface area contributed by atoms with Crippen LogP contribution in [0.25, 0.3) is 5.57 Å². The van der Waals surface area contributed by atoms with Crippen molar-refractivity contribution in [3.63, 3.8) is 0 Å². The molecule has 0 aliphatic carbocycles. The Bertz CT molecular complexity index is 1370. The fraction of sp³-hybridized carbons (Fsp3) is 0.185. The van der Waals surface area contributed by atoms with Crippen molar-refractivity contribution < 1.29 is 14.5 Å². The highest BCUT2D eigenvalue weighted by molar-refractivity contribution is 6.45. The van der Waals surface area contributed by atoms with Crippen LogP contribution in [0.4, 0.5) is 11.4 Å². The molecule has 3 aromatic rings. The SMILES string of the molecule is Cc1ccc(N2C(=O)C(c3ccc([N+](=O)[O-])cc3)=C(N3CCc4ccccc4C3)C2=O)cc1C. The van der Waals surface area contributed by atoms with E-state index in [1.54, 1.807) is 18.2 Å². The highest BCUT2D eigenvalue weighted by atomic mass is 16.6. The van der Waals surface area contributed by atoms with E-state index in [0.29, 0.717) is 30.0 Å². The molecular formula is C27H23N3O4. The molecule has 5 rings (SSSR count). The molecule has 7 heteroatoms. The van der Waals surface area contributed by atoms with Gasteiger partial charge in [-0.05, 0) is 72.4 Å². The molecule has 0 bridgehead atoms. The standard InChI is InChI=1S/C27H23N3O4/c1-17-7-10-23(15-18(17)2)29-26(31)24(20-8-11-22(12-9-20)30(33)34)25(27(29)32)28-14-13-19-5-3-4-6-21(19)16-28/h3-12,15H,13-14,16H2,1-2H3. The van der Waals surface area contributed by atoms with Crippen molar-refractivity contribution in [2.24, 2.45) is 0 Å². The summed E-state index contributed by atoms with van der Waals surface area (Å²) in [5.74, 6) is -0.794. The van der Waals surface area contributed by atoms with Crippen LogP contribution in [0, 0.1) is 24.0 Å². The highest BCUT2D eigenvalue weighted by Crippen LogP contribution is 2.37. The zero-order valence-electron chi connectivity index (χ0n) is 18.9. The van der Waals surface area contributed by atoms with Gasteiger partial charge in [0, 0.05) is 25.2 Å². The molecule has 0 spiro atoms. The van der Waals surface area contributed by atoms with E-state index in [0.717, 1.165) is 23.1 Å². The number of nitrogens with zero attached hydrogens (tertiary/aromatic N) is 3. The van der Waals surface area contributed by atoms with E-state index in [2.05, 4.69) is 6.07 Å². The third-order valence-electron chi connectivity index (χ3n) is 6.62. The summed E-state index contributed by atoms with van der Waals surface area (Å²) in [4.78, 5) is 41.3. The number of non-ortho nitro benzene ring substituents is 1. The van der Waals surface area contributed by atoms with Gasteiger partial charge >= 0.3 is 0 Å². The molecule has 34 heavy (non-hydrogen) atoms. The maximum atomic E-state index is 13.8. The molecule has 3 aromatic carbocycles. The van der Waals surface area contributed by atoms with Gasteiger partial charge < -0.3 is 4.90 Å². The molecule has 0 radical (unpaired) electrons. The van der Waals surface area contributed by atoms with Crippen molar-refractivity contribution in [1.82, 2.24) is 4.90 Å². The molecular weight excluding hydrogens is 430 g/mol. The summed E-state index contributed by atoms with van der Waals surface area (Å²) in [6.07, 6.45) is 0.762. The van der Waals surface area contributed by atoms with Crippen molar-refractivity contribution in [2.45, 2.75) is 26.8 Å². The van der Waals surface area contributed by atoms with E-state index >= 15 is 0 Å². The number of fused-ring (bicyclic) bond motifs is 1. The molecule has 2 aliphatic rings. The number of amides is 2. The average Bonchev–Trinajstić information content (AvgIpc) is 3.10. The van der Waals surface area contributed by atoms with Crippen LogP contribution in [0.5, 0.6) is 0 Å². The van der Waals surface area contributed by atoms with Crippen LogP contribution in [0.3, 0.4) is 0 Å². The van der Waals surface area contributed by atoms with E-state index in [4.69, 9.17) is 0 Å². The van der Waals surface area contributed by atoms with E-state index < -0.39 is 10.8 Å².